The highest BCUT2D eigenvalue weighted by Gasteiger charge is 2.37. The number of rotatable bonds is 3. The van der Waals surface area contributed by atoms with E-state index in [-0.39, 0.29) is 22.8 Å². The van der Waals surface area contributed by atoms with Crippen molar-refractivity contribution in [3.05, 3.63) is 99.4 Å². The maximum atomic E-state index is 13.2. The van der Waals surface area contributed by atoms with Crippen LogP contribution in [0.25, 0.3) is 4.85 Å². The van der Waals surface area contributed by atoms with Crippen molar-refractivity contribution >= 4 is 11.5 Å². The van der Waals surface area contributed by atoms with Gasteiger partial charge in [-0.2, -0.15) is 18.4 Å². The summed E-state index contributed by atoms with van der Waals surface area (Å²) < 4.78 is 39.7. The third-order valence-electron chi connectivity index (χ3n) is 5.09. The Kier molecular flexibility index (Phi) is 5.59. The second-order valence-corrected chi connectivity index (χ2v) is 6.99. The quantitative estimate of drug-likeness (QED) is 0.699. The summed E-state index contributed by atoms with van der Waals surface area (Å²) in [6.07, 6.45) is -4.56. The fourth-order valence-corrected chi connectivity index (χ4v) is 3.67. The minimum absolute atomic E-state index is 0.0360. The Balaban J connectivity index is 2.24. The molecule has 0 aliphatic carbocycles. The van der Waals surface area contributed by atoms with Crippen LogP contribution in [-0.4, -0.2) is 5.78 Å². The predicted molar refractivity (Wildman–Crippen MR) is 109 cm³/mol. The first-order valence-corrected chi connectivity index (χ1v) is 9.16. The summed E-state index contributed by atoms with van der Waals surface area (Å²) in [5.74, 6) is -1.23. The molecule has 0 amide bonds. The van der Waals surface area contributed by atoms with Crippen LogP contribution in [0.15, 0.2) is 71.3 Å². The van der Waals surface area contributed by atoms with Gasteiger partial charge in [-0.1, -0.05) is 18.2 Å². The summed E-state index contributed by atoms with van der Waals surface area (Å²) in [6, 6.07) is 13.0. The summed E-state index contributed by atoms with van der Waals surface area (Å²) in [4.78, 5) is 17.5. The molecule has 1 aliphatic heterocycles. The van der Waals surface area contributed by atoms with Crippen molar-refractivity contribution in [3.8, 4) is 6.07 Å². The highest BCUT2D eigenvalue weighted by atomic mass is 19.4. The number of halogens is 3. The fourth-order valence-electron chi connectivity index (χ4n) is 3.67. The Labute approximate surface area is 177 Å². The molecule has 0 saturated heterocycles. The van der Waals surface area contributed by atoms with Gasteiger partial charge in [0, 0.05) is 17.0 Å². The van der Waals surface area contributed by atoms with Crippen molar-refractivity contribution in [2.45, 2.75) is 25.9 Å². The predicted octanol–water partition coefficient (Wildman–Crippen LogP) is 5.09. The number of allylic oxidation sites excluding steroid dienone is 2. The van der Waals surface area contributed by atoms with Gasteiger partial charge >= 0.3 is 6.18 Å². The van der Waals surface area contributed by atoms with E-state index in [4.69, 9.17) is 17.6 Å². The summed E-state index contributed by atoms with van der Waals surface area (Å²) in [7, 11) is 0. The van der Waals surface area contributed by atoms with E-state index in [1.807, 2.05) is 6.07 Å². The monoisotopic (exact) mass is 422 g/mol. The van der Waals surface area contributed by atoms with E-state index in [9.17, 15) is 18.0 Å². The first-order chi connectivity index (χ1) is 14.6. The number of nitriles is 1. The SMILES string of the molecule is [C-]#[N+]C1=C(C)N(c2cccc(C(F)(F)F)c2)C(N)=C(C(C)=O)C1c1ccc(C#N)cc1. The van der Waals surface area contributed by atoms with Crippen molar-refractivity contribution in [1.29, 1.82) is 5.26 Å². The number of nitrogens with two attached hydrogens (primary N) is 1. The molecule has 2 N–H and O–H groups in total. The molecule has 5 nitrogen and oxygen atoms in total. The number of Topliss-reactive ketones (excluding diaryl/α,β-unsaturated/α-hetero) is 1. The number of anilines is 1. The minimum atomic E-state index is -4.56. The maximum absolute atomic E-state index is 13.2. The van der Waals surface area contributed by atoms with Crippen LogP contribution in [0.3, 0.4) is 0 Å². The zero-order valence-corrected chi connectivity index (χ0v) is 16.7. The van der Waals surface area contributed by atoms with Gasteiger partial charge in [-0.05, 0) is 49.7 Å². The lowest BCUT2D eigenvalue weighted by Gasteiger charge is -2.36. The van der Waals surface area contributed by atoms with E-state index in [1.54, 1.807) is 31.2 Å². The molecule has 0 radical (unpaired) electrons. The van der Waals surface area contributed by atoms with Crippen LogP contribution in [0.2, 0.25) is 0 Å². The van der Waals surface area contributed by atoms with Crippen molar-refractivity contribution in [2.24, 2.45) is 5.73 Å². The van der Waals surface area contributed by atoms with E-state index in [0.717, 1.165) is 12.1 Å². The number of hydrogen-bond donors (Lipinski definition) is 1. The summed E-state index contributed by atoms with van der Waals surface area (Å²) in [5, 5.41) is 9.02. The molecule has 1 heterocycles. The number of carbonyl (C=O) groups is 1. The van der Waals surface area contributed by atoms with Gasteiger partial charge in [0.15, 0.2) is 11.5 Å². The number of ketones is 1. The van der Waals surface area contributed by atoms with E-state index in [2.05, 4.69) is 4.85 Å². The van der Waals surface area contributed by atoms with Gasteiger partial charge in [0.2, 0.25) is 0 Å². The molecule has 31 heavy (non-hydrogen) atoms. The Morgan fingerprint density at radius 1 is 1.23 bits per heavy atom. The molecular weight excluding hydrogens is 405 g/mol. The van der Waals surface area contributed by atoms with Crippen LogP contribution in [0.5, 0.6) is 0 Å². The molecule has 0 bridgehead atoms. The average molecular weight is 422 g/mol. The van der Waals surface area contributed by atoms with Crippen molar-refractivity contribution < 1.29 is 18.0 Å². The van der Waals surface area contributed by atoms with Crippen molar-refractivity contribution in [1.82, 2.24) is 0 Å². The van der Waals surface area contributed by atoms with E-state index < -0.39 is 23.4 Å². The molecule has 3 rings (SSSR count). The first kappa shape index (κ1) is 21.7. The van der Waals surface area contributed by atoms with Gasteiger partial charge in [0.1, 0.15) is 5.82 Å². The Bertz CT molecular complexity index is 1200. The zero-order valence-electron chi connectivity index (χ0n) is 16.7. The molecule has 0 spiro atoms. The fraction of sp³-hybridized carbons (Fsp3) is 0.174. The summed E-state index contributed by atoms with van der Waals surface area (Å²) in [5.41, 5.74) is 7.15. The van der Waals surface area contributed by atoms with Crippen LogP contribution in [0.1, 0.15) is 36.5 Å². The smallest absolute Gasteiger partial charge is 0.385 e. The summed E-state index contributed by atoms with van der Waals surface area (Å²) in [6.45, 7) is 10.6. The third-order valence-corrected chi connectivity index (χ3v) is 5.09. The summed E-state index contributed by atoms with van der Waals surface area (Å²) >= 11 is 0. The second kappa shape index (κ2) is 8.00. The van der Waals surface area contributed by atoms with Crippen LogP contribution in [-0.2, 0) is 11.0 Å². The molecule has 2 aromatic rings. The Morgan fingerprint density at radius 2 is 1.87 bits per heavy atom. The molecule has 1 unspecified atom stereocenters. The van der Waals surface area contributed by atoms with E-state index in [1.165, 1.54) is 24.0 Å². The van der Waals surface area contributed by atoms with Crippen LogP contribution in [0.4, 0.5) is 18.9 Å². The third kappa shape index (κ3) is 3.88. The Morgan fingerprint density at radius 3 is 2.39 bits per heavy atom. The number of hydrogen-bond acceptors (Lipinski definition) is 4. The lowest BCUT2D eigenvalue weighted by Crippen LogP contribution is -2.36. The zero-order chi connectivity index (χ0) is 22.9. The number of alkyl halides is 3. The average Bonchev–Trinajstić information content (AvgIpc) is 2.73. The van der Waals surface area contributed by atoms with Gasteiger partial charge in [0.25, 0.3) is 0 Å². The highest BCUT2D eigenvalue weighted by molar-refractivity contribution is 5.98. The van der Waals surface area contributed by atoms with Gasteiger partial charge in [0.05, 0.1) is 29.7 Å². The standard InChI is InChI=1S/C23H17F3N4O/c1-13-21(29-3)20(16-9-7-15(12-27)8-10-16)19(14(2)31)22(28)30(13)18-6-4-5-17(11-18)23(24,25)26/h4-11,20H,28H2,1-2H3. The van der Waals surface area contributed by atoms with Gasteiger partial charge < -0.3 is 10.6 Å². The lowest BCUT2D eigenvalue weighted by molar-refractivity contribution is -0.137. The van der Waals surface area contributed by atoms with Gasteiger partial charge in [-0.3, -0.25) is 4.79 Å². The van der Waals surface area contributed by atoms with Crippen molar-refractivity contribution in [2.75, 3.05) is 4.90 Å². The van der Waals surface area contributed by atoms with E-state index in [0.29, 0.717) is 16.8 Å². The molecule has 0 aromatic heterocycles. The van der Waals surface area contributed by atoms with E-state index >= 15 is 0 Å². The van der Waals surface area contributed by atoms with Crippen LogP contribution >= 0.6 is 0 Å². The number of carbonyl (C=O) groups excluding carboxylic acids is 1. The molecule has 1 atom stereocenters. The molecular formula is C23H17F3N4O. The molecule has 0 fully saturated rings. The lowest BCUT2D eigenvalue weighted by atomic mass is 9.82. The van der Waals surface area contributed by atoms with Crippen molar-refractivity contribution in [3.63, 3.8) is 0 Å². The minimum Gasteiger partial charge on any atom is -0.385 e. The largest absolute Gasteiger partial charge is 0.416 e. The second-order valence-electron chi connectivity index (χ2n) is 6.99. The van der Waals surface area contributed by atoms with Crippen LogP contribution in [0, 0.1) is 17.9 Å². The molecule has 1 aliphatic rings. The topological polar surface area (TPSA) is 74.5 Å². The maximum Gasteiger partial charge on any atom is 0.416 e. The highest BCUT2D eigenvalue weighted by Crippen LogP contribution is 2.44. The molecule has 8 heteroatoms. The van der Waals surface area contributed by atoms with Gasteiger partial charge in [-0.15, -0.1) is 0 Å². The first-order valence-electron chi connectivity index (χ1n) is 9.16. The molecule has 0 saturated carbocycles. The number of benzene rings is 2. The molecule has 156 valence electrons. The Hall–Kier alpha value is -4.04. The van der Waals surface area contributed by atoms with Gasteiger partial charge in [-0.25, -0.2) is 4.85 Å². The van der Waals surface area contributed by atoms with Crippen LogP contribution < -0.4 is 10.6 Å². The molecule has 2 aromatic carbocycles. The number of nitrogens with zero attached hydrogens (tertiary/aromatic N) is 3. The normalized spacial score (nSPS) is 16.7.